The van der Waals surface area contributed by atoms with Crippen molar-refractivity contribution in [3.8, 4) is 10.6 Å². The zero-order chi connectivity index (χ0) is 21.3. The predicted octanol–water partition coefficient (Wildman–Crippen LogP) is 4.18. The summed E-state index contributed by atoms with van der Waals surface area (Å²) in [6, 6.07) is 13.0. The lowest BCUT2D eigenvalue weighted by molar-refractivity contribution is -0.119. The number of aromatic nitrogens is 4. The van der Waals surface area contributed by atoms with Crippen molar-refractivity contribution in [1.29, 1.82) is 0 Å². The van der Waals surface area contributed by atoms with E-state index >= 15 is 0 Å². The van der Waals surface area contributed by atoms with Crippen molar-refractivity contribution >= 4 is 56.8 Å². The molecule has 0 aliphatic carbocycles. The molecule has 0 unspecified atom stereocenters. The van der Waals surface area contributed by atoms with Crippen LogP contribution >= 0.6 is 35.2 Å². The summed E-state index contributed by atoms with van der Waals surface area (Å²) in [5.41, 5.74) is 3.63. The van der Waals surface area contributed by atoms with E-state index in [1.165, 1.54) is 11.3 Å². The molecule has 10 heteroatoms. The molecule has 1 amide bonds. The molecule has 0 fully saturated rings. The third-order valence-electron chi connectivity index (χ3n) is 4.40. The van der Waals surface area contributed by atoms with Gasteiger partial charge < -0.3 is 10.6 Å². The van der Waals surface area contributed by atoms with Gasteiger partial charge in [-0.2, -0.15) is 9.61 Å². The summed E-state index contributed by atoms with van der Waals surface area (Å²) in [4.78, 5) is 13.0. The zero-order valence-corrected chi connectivity index (χ0v) is 18.5. The number of halogens is 1. The van der Waals surface area contributed by atoms with E-state index in [1.807, 2.05) is 44.2 Å². The van der Waals surface area contributed by atoms with Gasteiger partial charge in [-0.3, -0.25) is 4.79 Å². The van der Waals surface area contributed by atoms with Gasteiger partial charge >= 0.3 is 0 Å². The van der Waals surface area contributed by atoms with Crippen LogP contribution in [-0.4, -0.2) is 30.8 Å². The summed E-state index contributed by atoms with van der Waals surface area (Å²) in [7, 11) is 0. The minimum absolute atomic E-state index is 0.195. The Morgan fingerprint density at radius 2 is 1.93 bits per heavy atom. The molecule has 2 aromatic carbocycles. The Morgan fingerprint density at radius 3 is 2.63 bits per heavy atom. The van der Waals surface area contributed by atoms with Crippen molar-refractivity contribution in [2.75, 3.05) is 5.32 Å². The Labute approximate surface area is 187 Å². The van der Waals surface area contributed by atoms with Gasteiger partial charge in [0.15, 0.2) is 10.9 Å². The summed E-state index contributed by atoms with van der Waals surface area (Å²) in [6.07, 6.45) is 0.219. The maximum Gasteiger partial charge on any atom is 0.234 e. The number of anilines is 1. The number of thiocarbonyl (C=S) groups is 1. The Morgan fingerprint density at radius 1 is 1.17 bits per heavy atom. The zero-order valence-electron chi connectivity index (χ0n) is 16.1. The smallest absolute Gasteiger partial charge is 0.234 e. The van der Waals surface area contributed by atoms with Crippen molar-refractivity contribution in [2.45, 2.75) is 20.3 Å². The van der Waals surface area contributed by atoms with Crippen LogP contribution < -0.4 is 10.6 Å². The van der Waals surface area contributed by atoms with Gasteiger partial charge in [-0.1, -0.05) is 35.1 Å². The largest absolute Gasteiger partial charge is 0.332 e. The van der Waals surface area contributed by atoms with Gasteiger partial charge in [0.05, 0.1) is 6.42 Å². The monoisotopic (exact) mass is 456 g/mol. The van der Waals surface area contributed by atoms with Gasteiger partial charge in [0.2, 0.25) is 10.9 Å². The van der Waals surface area contributed by atoms with Gasteiger partial charge in [0.25, 0.3) is 0 Å². The average molecular weight is 457 g/mol. The molecule has 2 N–H and O–H groups in total. The second-order valence-electron chi connectivity index (χ2n) is 6.68. The summed E-state index contributed by atoms with van der Waals surface area (Å²) in [6.45, 7) is 3.83. The number of fused-ring (bicyclic) bond motifs is 1. The van der Waals surface area contributed by atoms with Gasteiger partial charge in [-0.15, -0.1) is 10.2 Å². The van der Waals surface area contributed by atoms with Crippen LogP contribution in [0.4, 0.5) is 5.69 Å². The van der Waals surface area contributed by atoms with Gasteiger partial charge in [0.1, 0.15) is 5.01 Å². The quantitative estimate of drug-likeness (QED) is 0.448. The molecule has 0 atom stereocenters. The summed E-state index contributed by atoms with van der Waals surface area (Å²) >= 11 is 12.6. The number of carbonyl (C=O) groups is 1. The van der Waals surface area contributed by atoms with Crippen LogP contribution in [0.3, 0.4) is 0 Å². The maximum absolute atomic E-state index is 12.2. The second-order valence-corrected chi connectivity index (χ2v) is 8.48. The fourth-order valence-electron chi connectivity index (χ4n) is 2.88. The second kappa shape index (κ2) is 8.47. The van der Waals surface area contributed by atoms with E-state index in [2.05, 4.69) is 25.9 Å². The third-order valence-corrected chi connectivity index (χ3v) is 5.80. The molecule has 2 aromatic heterocycles. The average Bonchev–Trinajstić information content (AvgIpc) is 3.27. The molecule has 30 heavy (non-hydrogen) atoms. The Kier molecular flexibility index (Phi) is 5.76. The molecule has 0 aliphatic heterocycles. The van der Waals surface area contributed by atoms with Crippen LogP contribution in [0.15, 0.2) is 42.5 Å². The minimum Gasteiger partial charge on any atom is -0.332 e. The normalized spacial score (nSPS) is 10.9. The molecule has 0 bridgehead atoms. The Bertz CT molecular complexity index is 1250. The van der Waals surface area contributed by atoms with Gasteiger partial charge in [-0.05, 0) is 67.5 Å². The molecule has 0 radical (unpaired) electrons. The first kappa shape index (κ1) is 20.4. The highest BCUT2D eigenvalue weighted by atomic mass is 35.5. The number of aryl methyl sites for hydroxylation is 2. The van der Waals surface area contributed by atoms with Crippen molar-refractivity contribution < 1.29 is 4.79 Å². The molecule has 4 rings (SSSR count). The van der Waals surface area contributed by atoms with Crippen LogP contribution in [-0.2, 0) is 11.2 Å². The molecule has 0 aliphatic rings. The van der Waals surface area contributed by atoms with Crippen molar-refractivity contribution in [1.82, 2.24) is 25.1 Å². The molecule has 2 heterocycles. The van der Waals surface area contributed by atoms with E-state index in [-0.39, 0.29) is 17.4 Å². The number of hydrogen-bond donors (Lipinski definition) is 2. The Hall–Kier alpha value is -2.88. The van der Waals surface area contributed by atoms with E-state index in [0.29, 0.717) is 5.02 Å². The molecule has 152 valence electrons. The summed E-state index contributed by atoms with van der Waals surface area (Å²) < 4.78 is 1.73. The maximum atomic E-state index is 12.2. The van der Waals surface area contributed by atoms with Crippen LogP contribution in [0.2, 0.25) is 5.02 Å². The summed E-state index contributed by atoms with van der Waals surface area (Å²) in [5, 5.41) is 20.2. The highest BCUT2D eigenvalue weighted by Gasteiger charge is 2.12. The third kappa shape index (κ3) is 4.48. The fraction of sp³-hybridized carbons (Fsp3) is 0.150. The Balaban J connectivity index is 1.41. The highest BCUT2D eigenvalue weighted by Crippen LogP contribution is 2.28. The number of amides is 1. The van der Waals surface area contributed by atoms with E-state index < -0.39 is 0 Å². The lowest BCUT2D eigenvalue weighted by Crippen LogP contribution is -2.35. The first-order chi connectivity index (χ1) is 14.4. The van der Waals surface area contributed by atoms with Crippen LogP contribution in [0.1, 0.15) is 17.0 Å². The van der Waals surface area contributed by atoms with E-state index in [0.717, 1.165) is 38.2 Å². The first-order valence-corrected chi connectivity index (χ1v) is 10.6. The standard InChI is InChI=1S/C20H17ClN6OS2/c1-11-9-14(18-26-27-12(2)24-25-20(27)30-18)5-8-16(11)22-19(29)23-17(28)10-13-3-6-15(21)7-4-13/h3-9H,10H2,1-2H3,(H2,22,23,28,29). The molecule has 7 nitrogen and oxygen atoms in total. The number of nitrogens with one attached hydrogen (secondary N) is 2. The number of hydrogen-bond acceptors (Lipinski definition) is 6. The van der Waals surface area contributed by atoms with Crippen LogP contribution in [0, 0.1) is 13.8 Å². The molecule has 0 saturated heterocycles. The van der Waals surface area contributed by atoms with Crippen LogP contribution in [0.5, 0.6) is 0 Å². The highest BCUT2D eigenvalue weighted by molar-refractivity contribution is 7.80. The van der Waals surface area contributed by atoms with E-state index in [9.17, 15) is 4.79 Å². The predicted molar refractivity (Wildman–Crippen MR) is 123 cm³/mol. The minimum atomic E-state index is -0.195. The SMILES string of the molecule is Cc1cc(-c2nn3c(C)nnc3s2)ccc1NC(=S)NC(=O)Cc1ccc(Cl)cc1. The van der Waals surface area contributed by atoms with Crippen molar-refractivity contribution in [2.24, 2.45) is 0 Å². The fourth-order valence-corrected chi connectivity index (χ4v) is 4.11. The molecular weight excluding hydrogens is 440 g/mol. The van der Waals surface area contributed by atoms with Gasteiger partial charge in [0, 0.05) is 16.3 Å². The lowest BCUT2D eigenvalue weighted by Gasteiger charge is -2.12. The molecular formula is C20H17ClN6OS2. The van der Waals surface area contributed by atoms with Crippen LogP contribution in [0.25, 0.3) is 15.5 Å². The molecule has 4 aromatic rings. The topological polar surface area (TPSA) is 84.2 Å². The molecule has 0 saturated carbocycles. The number of carbonyl (C=O) groups excluding carboxylic acids is 1. The van der Waals surface area contributed by atoms with Crippen molar-refractivity contribution in [3.05, 3.63) is 64.4 Å². The van der Waals surface area contributed by atoms with E-state index in [4.69, 9.17) is 23.8 Å². The lowest BCUT2D eigenvalue weighted by atomic mass is 10.1. The number of benzene rings is 2. The molecule has 0 spiro atoms. The first-order valence-electron chi connectivity index (χ1n) is 9.04. The number of nitrogens with zero attached hydrogens (tertiary/aromatic N) is 4. The summed E-state index contributed by atoms with van der Waals surface area (Å²) in [5.74, 6) is 0.557. The number of rotatable bonds is 4. The van der Waals surface area contributed by atoms with Gasteiger partial charge in [-0.25, -0.2) is 0 Å². The van der Waals surface area contributed by atoms with Crippen molar-refractivity contribution in [3.63, 3.8) is 0 Å². The van der Waals surface area contributed by atoms with E-state index in [1.54, 1.807) is 16.6 Å².